The first kappa shape index (κ1) is 15.0. The molecule has 1 aromatic carbocycles. The minimum atomic E-state index is -0.310. The first-order chi connectivity index (χ1) is 8.34. The van der Waals surface area contributed by atoms with E-state index in [0.717, 1.165) is 17.7 Å². The van der Waals surface area contributed by atoms with Crippen LogP contribution in [-0.4, -0.2) is 18.3 Å². The summed E-state index contributed by atoms with van der Waals surface area (Å²) >= 11 is 0. The summed E-state index contributed by atoms with van der Waals surface area (Å²) in [5.41, 5.74) is 1.32. The summed E-state index contributed by atoms with van der Waals surface area (Å²) in [5, 5.41) is 10.2. The fourth-order valence-corrected chi connectivity index (χ4v) is 1.97. The smallest absolute Gasteiger partial charge is 0.122 e. The molecule has 0 fully saturated rings. The molecule has 0 radical (unpaired) electrons. The molecule has 0 bridgehead atoms. The van der Waals surface area contributed by atoms with Crippen molar-refractivity contribution in [3.05, 3.63) is 29.8 Å². The van der Waals surface area contributed by atoms with Crippen molar-refractivity contribution < 1.29 is 9.84 Å². The lowest BCUT2D eigenvalue weighted by molar-refractivity contribution is 0.110. The average Bonchev–Trinajstić information content (AvgIpc) is 2.28. The number of ether oxygens (including phenoxy) is 1. The molecule has 0 saturated carbocycles. The minimum Gasteiger partial charge on any atom is -0.496 e. The van der Waals surface area contributed by atoms with Gasteiger partial charge in [-0.2, -0.15) is 0 Å². The maximum Gasteiger partial charge on any atom is 0.122 e. The zero-order chi connectivity index (χ0) is 13.8. The summed E-state index contributed by atoms with van der Waals surface area (Å²) in [4.78, 5) is 0. The zero-order valence-corrected chi connectivity index (χ0v) is 12.2. The van der Waals surface area contributed by atoms with Gasteiger partial charge in [0.05, 0.1) is 13.2 Å². The second kappa shape index (κ2) is 6.24. The van der Waals surface area contributed by atoms with Crippen molar-refractivity contribution in [1.29, 1.82) is 0 Å². The largest absolute Gasteiger partial charge is 0.496 e. The Kier molecular flexibility index (Phi) is 5.21. The molecule has 1 rings (SSSR count). The van der Waals surface area contributed by atoms with Gasteiger partial charge in [-0.1, -0.05) is 45.9 Å². The zero-order valence-electron chi connectivity index (χ0n) is 12.2. The van der Waals surface area contributed by atoms with Crippen LogP contribution < -0.4 is 4.74 Å². The van der Waals surface area contributed by atoms with Crippen LogP contribution in [0.2, 0.25) is 0 Å². The lowest BCUT2D eigenvalue weighted by Crippen LogP contribution is -2.24. The summed E-state index contributed by atoms with van der Waals surface area (Å²) in [7, 11) is 1.67. The highest BCUT2D eigenvalue weighted by Crippen LogP contribution is 2.30. The predicted octanol–water partition coefficient (Wildman–Crippen LogP) is 3.67. The van der Waals surface area contributed by atoms with Gasteiger partial charge < -0.3 is 9.84 Å². The van der Waals surface area contributed by atoms with Gasteiger partial charge in [0.1, 0.15) is 5.75 Å². The van der Waals surface area contributed by atoms with E-state index in [4.69, 9.17) is 4.74 Å². The molecule has 0 spiro atoms. The third-order valence-electron chi connectivity index (χ3n) is 3.75. The monoisotopic (exact) mass is 250 g/mol. The van der Waals surface area contributed by atoms with Crippen LogP contribution in [0.1, 0.15) is 39.7 Å². The van der Waals surface area contributed by atoms with Crippen molar-refractivity contribution in [2.24, 2.45) is 11.3 Å². The Hall–Kier alpha value is -1.02. The highest BCUT2D eigenvalue weighted by molar-refractivity contribution is 5.33. The molecule has 0 amide bonds. The molecule has 0 aromatic heterocycles. The van der Waals surface area contributed by atoms with E-state index in [1.54, 1.807) is 7.11 Å². The summed E-state index contributed by atoms with van der Waals surface area (Å²) < 4.78 is 5.31. The van der Waals surface area contributed by atoms with Gasteiger partial charge in [0.25, 0.3) is 0 Å². The van der Waals surface area contributed by atoms with Crippen LogP contribution in [0.15, 0.2) is 24.3 Å². The molecule has 2 heteroatoms. The van der Waals surface area contributed by atoms with E-state index in [1.807, 2.05) is 24.3 Å². The van der Waals surface area contributed by atoms with Gasteiger partial charge in [-0.15, -0.1) is 0 Å². The van der Waals surface area contributed by atoms with E-state index in [0.29, 0.717) is 12.3 Å². The van der Waals surface area contributed by atoms with E-state index >= 15 is 0 Å². The van der Waals surface area contributed by atoms with Gasteiger partial charge in [-0.25, -0.2) is 0 Å². The average molecular weight is 250 g/mol. The first-order valence-corrected chi connectivity index (χ1v) is 6.64. The molecular weight excluding hydrogens is 224 g/mol. The summed E-state index contributed by atoms with van der Waals surface area (Å²) in [6.45, 7) is 8.85. The van der Waals surface area contributed by atoms with E-state index in [9.17, 15) is 5.11 Å². The fraction of sp³-hybridized carbons (Fsp3) is 0.625. The summed E-state index contributed by atoms with van der Waals surface area (Å²) in [6, 6.07) is 7.89. The van der Waals surface area contributed by atoms with Gasteiger partial charge >= 0.3 is 0 Å². The fourth-order valence-electron chi connectivity index (χ4n) is 1.97. The van der Waals surface area contributed by atoms with Crippen LogP contribution in [0.3, 0.4) is 0 Å². The van der Waals surface area contributed by atoms with Gasteiger partial charge in [0.2, 0.25) is 0 Å². The molecule has 0 aliphatic rings. The summed E-state index contributed by atoms with van der Waals surface area (Å²) in [5.74, 6) is 1.35. The molecule has 2 atom stereocenters. The highest BCUT2D eigenvalue weighted by Gasteiger charge is 2.23. The van der Waals surface area contributed by atoms with Crippen LogP contribution in [0.25, 0.3) is 0 Å². The van der Waals surface area contributed by atoms with Crippen LogP contribution >= 0.6 is 0 Å². The molecule has 0 aliphatic carbocycles. The number of hydrogen-bond donors (Lipinski definition) is 1. The van der Waals surface area contributed by atoms with Crippen molar-refractivity contribution in [2.75, 3.05) is 7.11 Å². The third kappa shape index (κ3) is 4.34. The standard InChI is InChI=1S/C16H26O2/c1-12(16(2,3)4)10-14(17)11-13-8-6-7-9-15(13)18-5/h6-9,12,14,17H,10-11H2,1-5H3. The quantitative estimate of drug-likeness (QED) is 0.864. The van der Waals surface area contributed by atoms with E-state index in [1.165, 1.54) is 0 Å². The van der Waals surface area contributed by atoms with Crippen LogP contribution in [-0.2, 0) is 6.42 Å². The number of benzene rings is 1. The Labute approximate surface area is 111 Å². The number of hydrogen-bond acceptors (Lipinski definition) is 2. The molecule has 0 aliphatic heterocycles. The maximum atomic E-state index is 10.2. The third-order valence-corrected chi connectivity index (χ3v) is 3.75. The lowest BCUT2D eigenvalue weighted by atomic mass is 9.78. The SMILES string of the molecule is COc1ccccc1CC(O)CC(C)C(C)(C)C. The maximum absolute atomic E-state index is 10.2. The number of methoxy groups -OCH3 is 1. The van der Waals surface area contributed by atoms with Crippen LogP contribution in [0.5, 0.6) is 5.75 Å². The first-order valence-electron chi connectivity index (χ1n) is 6.64. The molecule has 0 saturated heterocycles. The Bertz CT molecular complexity index is 366. The number of aliphatic hydroxyl groups excluding tert-OH is 1. The van der Waals surface area contributed by atoms with Gasteiger partial charge in [0, 0.05) is 6.42 Å². The Morgan fingerprint density at radius 2 is 1.83 bits per heavy atom. The molecule has 1 aromatic rings. The van der Waals surface area contributed by atoms with Crippen molar-refractivity contribution >= 4 is 0 Å². The highest BCUT2D eigenvalue weighted by atomic mass is 16.5. The predicted molar refractivity (Wildman–Crippen MR) is 75.9 cm³/mol. The topological polar surface area (TPSA) is 29.5 Å². The van der Waals surface area contributed by atoms with Crippen LogP contribution in [0, 0.1) is 11.3 Å². The molecule has 1 N–H and O–H groups in total. The molecule has 18 heavy (non-hydrogen) atoms. The van der Waals surface area contributed by atoms with Crippen molar-refractivity contribution in [1.82, 2.24) is 0 Å². The van der Waals surface area contributed by atoms with E-state index in [-0.39, 0.29) is 11.5 Å². The molecule has 2 nitrogen and oxygen atoms in total. The van der Waals surface area contributed by atoms with Gasteiger partial charge in [-0.05, 0) is 29.4 Å². The lowest BCUT2D eigenvalue weighted by Gasteiger charge is -2.29. The molecule has 0 heterocycles. The second-order valence-corrected chi connectivity index (χ2v) is 6.17. The molecule has 102 valence electrons. The van der Waals surface area contributed by atoms with Gasteiger partial charge in [-0.3, -0.25) is 0 Å². The molecular formula is C16H26O2. The van der Waals surface area contributed by atoms with E-state index in [2.05, 4.69) is 27.7 Å². The van der Waals surface area contributed by atoms with Crippen LogP contribution in [0.4, 0.5) is 0 Å². The summed E-state index contributed by atoms with van der Waals surface area (Å²) in [6.07, 6.45) is 1.17. The van der Waals surface area contributed by atoms with Gasteiger partial charge in [0.15, 0.2) is 0 Å². The van der Waals surface area contributed by atoms with Crippen molar-refractivity contribution in [3.63, 3.8) is 0 Å². The number of aliphatic hydroxyl groups is 1. The number of para-hydroxylation sites is 1. The Morgan fingerprint density at radius 1 is 1.22 bits per heavy atom. The van der Waals surface area contributed by atoms with Crippen molar-refractivity contribution in [2.45, 2.75) is 46.6 Å². The number of rotatable bonds is 5. The second-order valence-electron chi connectivity index (χ2n) is 6.17. The minimum absolute atomic E-state index is 0.238. The Morgan fingerprint density at radius 3 is 2.39 bits per heavy atom. The normalized spacial score (nSPS) is 15.2. The van der Waals surface area contributed by atoms with E-state index < -0.39 is 0 Å². The Balaban J connectivity index is 2.62. The molecule has 2 unspecified atom stereocenters. The van der Waals surface area contributed by atoms with Crippen molar-refractivity contribution in [3.8, 4) is 5.75 Å².